The zero-order valence-corrected chi connectivity index (χ0v) is 18.4. The van der Waals surface area contributed by atoms with Crippen LogP contribution < -0.4 is 29.3 Å². The first-order valence-electron chi connectivity index (χ1n) is 9.03. The van der Waals surface area contributed by atoms with Crippen LogP contribution in [0.4, 0.5) is 4.79 Å². The molecular formula is C20H33IN2O2. The largest absolute Gasteiger partial charge is 1.00 e. The number of quaternary nitrogens is 1. The summed E-state index contributed by atoms with van der Waals surface area (Å²) in [4.78, 5) is 12.2. The Bertz CT molecular complexity index is 540. The number of rotatable bonds is 4. The second kappa shape index (κ2) is 9.21. The molecule has 1 aromatic carbocycles. The van der Waals surface area contributed by atoms with E-state index in [0.717, 1.165) is 23.9 Å². The van der Waals surface area contributed by atoms with Crippen LogP contribution in [0.5, 0.6) is 0 Å². The van der Waals surface area contributed by atoms with Gasteiger partial charge in [-0.25, -0.2) is 4.79 Å². The summed E-state index contributed by atoms with van der Waals surface area (Å²) in [6, 6.07) is 11.2. The molecule has 1 amide bonds. The number of alkyl carbamates (subject to hydrolysis) is 1. The molecule has 2 unspecified atom stereocenters. The summed E-state index contributed by atoms with van der Waals surface area (Å²) in [5, 5.41) is 3.14. The molecule has 1 N–H and O–H groups in total. The van der Waals surface area contributed by atoms with Crippen molar-refractivity contribution in [2.24, 2.45) is 0 Å². The first-order valence-corrected chi connectivity index (χ1v) is 9.03. The third-order valence-corrected chi connectivity index (χ3v) is 4.76. The van der Waals surface area contributed by atoms with E-state index in [9.17, 15) is 4.79 Å². The van der Waals surface area contributed by atoms with Gasteiger partial charge < -0.3 is 38.5 Å². The van der Waals surface area contributed by atoms with Gasteiger partial charge in [0.15, 0.2) is 0 Å². The van der Waals surface area contributed by atoms with Crippen LogP contribution in [0.3, 0.4) is 0 Å². The van der Waals surface area contributed by atoms with Crippen LogP contribution in [-0.2, 0) is 11.3 Å². The van der Waals surface area contributed by atoms with Crippen molar-refractivity contribution < 1.29 is 38.0 Å². The maximum atomic E-state index is 12.2. The highest BCUT2D eigenvalue weighted by atomic mass is 127. The number of ether oxygens (including phenoxy) is 1. The molecule has 25 heavy (non-hydrogen) atoms. The molecule has 142 valence electrons. The predicted molar refractivity (Wildman–Crippen MR) is 97.7 cm³/mol. The lowest BCUT2D eigenvalue weighted by Crippen LogP contribution is -3.00. The van der Waals surface area contributed by atoms with E-state index >= 15 is 0 Å². The Hall–Kier alpha value is -0.820. The van der Waals surface area contributed by atoms with Crippen molar-refractivity contribution in [3.05, 3.63) is 35.9 Å². The number of nitrogens with zero attached hydrogens (tertiary/aromatic N) is 1. The van der Waals surface area contributed by atoms with Crippen LogP contribution in [0, 0.1) is 0 Å². The number of carbonyl (C=O) groups excluding carboxylic acids is 1. The number of carbonyl (C=O) groups is 1. The highest BCUT2D eigenvalue weighted by molar-refractivity contribution is 5.68. The standard InChI is InChI=1S/C20H32N2O2.HI/c1-20(2,3)24-19(23)21-17-13-9-10-14-18(17)22(4,5)15-16-11-7-6-8-12-16;/h6-8,11-12,17-18H,9-10,13-15H2,1-5H3;1H. The fourth-order valence-corrected chi connectivity index (χ4v) is 3.75. The van der Waals surface area contributed by atoms with Gasteiger partial charge in [0.2, 0.25) is 0 Å². The molecule has 2 rings (SSSR count). The number of amides is 1. The Balaban J connectivity index is 0.00000312. The summed E-state index contributed by atoms with van der Waals surface area (Å²) in [5.41, 5.74) is 0.881. The molecule has 1 aliphatic carbocycles. The SMILES string of the molecule is CC(C)(C)OC(=O)NC1CCCCC1[N+](C)(C)Cc1ccccc1.[I-]. The first-order chi connectivity index (χ1) is 11.2. The van der Waals surface area contributed by atoms with Crippen molar-refractivity contribution in [1.29, 1.82) is 0 Å². The van der Waals surface area contributed by atoms with Gasteiger partial charge in [-0.05, 0) is 33.6 Å². The molecule has 1 aromatic rings. The zero-order chi connectivity index (χ0) is 17.8. The second-order valence-electron chi connectivity index (χ2n) is 8.53. The monoisotopic (exact) mass is 460 g/mol. The highest BCUT2D eigenvalue weighted by Gasteiger charge is 2.39. The average molecular weight is 460 g/mol. The van der Waals surface area contributed by atoms with E-state index in [1.807, 2.05) is 20.8 Å². The van der Waals surface area contributed by atoms with Gasteiger partial charge in [0.1, 0.15) is 18.2 Å². The molecule has 2 atom stereocenters. The number of likely N-dealkylation sites (N-methyl/N-ethyl adjacent to an activating group) is 1. The van der Waals surface area contributed by atoms with Crippen LogP contribution >= 0.6 is 0 Å². The van der Waals surface area contributed by atoms with Crippen LogP contribution in [0.1, 0.15) is 52.0 Å². The average Bonchev–Trinajstić information content (AvgIpc) is 2.46. The summed E-state index contributed by atoms with van der Waals surface area (Å²) in [5.74, 6) is 0. The Morgan fingerprint density at radius 2 is 1.76 bits per heavy atom. The van der Waals surface area contributed by atoms with Gasteiger partial charge in [0.25, 0.3) is 0 Å². The normalized spacial score (nSPS) is 21.2. The number of nitrogens with one attached hydrogen (secondary N) is 1. The summed E-state index contributed by atoms with van der Waals surface area (Å²) in [6.07, 6.45) is 4.27. The Kier molecular flexibility index (Phi) is 8.19. The molecule has 0 aromatic heterocycles. The molecule has 0 bridgehead atoms. The first kappa shape index (κ1) is 22.2. The lowest BCUT2D eigenvalue weighted by atomic mass is 9.87. The maximum Gasteiger partial charge on any atom is 0.408 e. The van der Waals surface area contributed by atoms with E-state index < -0.39 is 5.60 Å². The molecule has 0 spiro atoms. The third-order valence-electron chi connectivity index (χ3n) is 4.76. The molecular weight excluding hydrogens is 427 g/mol. The minimum Gasteiger partial charge on any atom is -1.00 e. The topological polar surface area (TPSA) is 38.3 Å². The van der Waals surface area contributed by atoms with Crippen molar-refractivity contribution in [1.82, 2.24) is 5.32 Å². The molecule has 5 heteroatoms. The van der Waals surface area contributed by atoms with E-state index in [2.05, 4.69) is 49.7 Å². The van der Waals surface area contributed by atoms with Crippen molar-refractivity contribution in [2.45, 2.75) is 70.7 Å². The van der Waals surface area contributed by atoms with Crippen LogP contribution in [0.15, 0.2) is 30.3 Å². The second-order valence-corrected chi connectivity index (χ2v) is 8.53. The van der Waals surface area contributed by atoms with Crippen LogP contribution in [0.25, 0.3) is 0 Å². The quantitative estimate of drug-likeness (QED) is 0.540. The van der Waals surface area contributed by atoms with Crippen molar-refractivity contribution >= 4 is 6.09 Å². The minimum absolute atomic E-state index is 0. The van der Waals surface area contributed by atoms with Gasteiger partial charge in [-0.15, -0.1) is 0 Å². The molecule has 1 saturated carbocycles. The van der Waals surface area contributed by atoms with E-state index in [1.54, 1.807) is 0 Å². The number of hydrogen-bond acceptors (Lipinski definition) is 2. The molecule has 0 aliphatic heterocycles. The molecule has 0 heterocycles. The molecule has 0 radical (unpaired) electrons. The summed E-state index contributed by atoms with van der Waals surface area (Å²) >= 11 is 0. The van der Waals surface area contributed by atoms with E-state index in [1.165, 1.54) is 18.4 Å². The molecule has 4 nitrogen and oxygen atoms in total. The predicted octanol–water partition coefficient (Wildman–Crippen LogP) is 1.10. The fourth-order valence-electron chi connectivity index (χ4n) is 3.75. The molecule has 1 fully saturated rings. The molecule has 1 aliphatic rings. The zero-order valence-electron chi connectivity index (χ0n) is 16.2. The lowest BCUT2D eigenvalue weighted by molar-refractivity contribution is -0.930. The van der Waals surface area contributed by atoms with Gasteiger partial charge in [0, 0.05) is 12.0 Å². The van der Waals surface area contributed by atoms with Gasteiger partial charge in [-0.2, -0.15) is 0 Å². The number of halogens is 1. The van der Waals surface area contributed by atoms with E-state index in [-0.39, 0.29) is 36.1 Å². The van der Waals surface area contributed by atoms with Gasteiger partial charge in [-0.3, -0.25) is 0 Å². The van der Waals surface area contributed by atoms with E-state index in [0.29, 0.717) is 6.04 Å². The number of hydrogen-bond donors (Lipinski definition) is 1. The smallest absolute Gasteiger partial charge is 0.408 e. The van der Waals surface area contributed by atoms with Crippen molar-refractivity contribution in [2.75, 3.05) is 14.1 Å². The Morgan fingerprint density at radius 3 is 2.36 bits per heavy atom. The summed E-state index contributed by atoms with van der Waals surface area (Å²) in [7, 11) is 4.54. The van der Waals surface area contributed by atoms with Crippen molar-refractivity contribution in [3.63, 3.8) is 0 Å². The summed E-state index contributed by atoms with van der Waals surface area (Å²) < 4.78 is 6.34. The minimum atomic E-state index is -0.456. The van der Waals surface area contributed by atoms with Gasteiger partial charge in [-0.1, -0.05) is 36.8 Å². The maximum absolute atomic E-state index is 12.2. The van der Waals surface area contributed by atoms with Gasteiger partial charge >= 0.3 is 6.09 Å². The lowest BCUT2D eigenvalue weighted by Gasteiger charge is -2.44. The highest BCUT2D eigenvalue weighted by Crippen LogP contribution is 2.28. The van der Waals surface area contributed by atoms with Crippen molar-refractivity contribution in [3.8, 4) is 0 Å². The van der Waals surface area contributed by atoms with Gasteiger partial charge in [0.05, 0.1) is 20.1 Å². The number of benzene rings is 1. The third kappa shape index (κ3) is 7.13. The summed E-state index contributed by atoms with van der Waals surface area (Å²) in [6.45, 7) is 6.68. The Morgan fingerprint density at radius 1 is 1.16 bits per heavy atom. The van der Waals surface area contributed by atoms with E-state index in [4.69, 9.17) is 4.74 Å². The van der Waals surface area contributed by atoms with Crippen LogP contribution in [-0.4, -0.2) is 42.4 Å². The fraction of sp³-hybridized carbons (Fsp3) is 0.650. The van der Waals surface area contributed by atoms with Crippen LogP contribution in [0.2, 0.25) is 0 Å². The molecule has 0 saturated heterocycles. The Labute approximate surface area is 169 Å².